The van der Waals surface area contributed by atoms with Crippen molar-refractivity contribution in [1.82, 2.24) is 0 Å². The molecular formula is C12H18S3. The predicted octanol–water partition coefficient (Wildman–Crippen LogP) is 5.02. The van der Waals surface area contributed by atoms with Gasteiger partial charge in [0.1, 0.15) is 0 Å². The molecule has 0 aromatic heterocycles. The average Bonchev–Trinajstić information content (AvgIpc) is 2.19. The van der Waals surface area contributed by atoms with Crippen molar-refractivity contribution in [3.63, 3.8) is 0 Å². The van der Waals surface area contributed by atoms with E-state index in [1.165, 1.54) is 14.7 Å². The SMILES string of the molecule is CCSc1cc(SCC)cc(SCC)c1. The van der Waals surface area contributed by atoms with Crippen LogP contribution in [-0.4, -0.2) is 17.3 Å². The Hall–Kier alpha value is 0.270. The summed E-state index contributed by atoms with van der Waals surface area (Å²) in [4.78, 5) is 4.23. The predicted molar refractivity (Wildman–Crippen MR) is 75.6 cm³/mol. The maximum absolute atomic E-state index is 2.31. The summed E-state index contributed by atoms with van der Waals surface area (Å²) in [6, 6.07) is 6.92. The molecule has 0 atom stereocenters. The second kappa shape index (κ2) is 7.53. The van der Waals surface area contributed by atoms with Crippen LogP contribution in [0.3, 0.4) is 0 Å². The van der Waals surface area contributed by atoms with E-state index in [1.807, 2.05) is 35.3 Å². The molecule has 0 N–H and O–H groups in total. The molecule has 0 amide bonds. The molecule has 0 fully saturated rings. The van der Waals surface area contributed by atoms with Gasteiger partial charge in [0.25, 0.3) is 0 Å². The van der Waals surface area contributed by atoms with Crippen LogP contribution in [0.5, 0.6) is 0 Å². The summed E-state index contributed by atoms with van der Waals surface area (Å²) in [6.45, 7) is 6.62. The van der Waals surface area contributed by atoms with Crippen molar-refractivity contribution in [2.45, 2.75) is 35.5 Å². The third-order valence-corrected chi connectivity index (χ3v) is 4.36. The number of benzene rings is 1. The lowest BCUT2D eigenvalue weighted by Crippen LogP contribution is -1.81. The second-order valence-electron chi connectivity index (χ2n) is 2.94. The lowest BCUT2D eigenvalue weighted by molar-refractivity contribution is 1.22. The topological polar surface area (TPSA) is 0 Å². The van der Waals surface area contributed by atoms with E-state index in [4.69, 9.17) is 0 Å². The lowest BCUT2D eigenvalue weighted by atomic mass is 10.4. The average molecular weight is 258 g/mol. The van der Waals surface area contributed by atoms with Crippen LogP contribution < -0.4 is 0 Å². The van der Waals surface area contributed by atoms with Crippen molar-refractivity contribution in [3.8, 4) is 0 Å². The molecule has 0 bridgehead atoms. The molecule has 84 valence electrons. The molecule has 15 heavy (non-hydrogen) atoms. The monoisotopic (exact) mass is 258 g/mol. The Morgan fingerprint density at radius 2 is 0.933 bits per heavy atom. The van der Waals surface area contributed by atoms with Gasteiger partial charge in [0, 0.05) is 14.7 Å². The Morgan fingerprint density at radius 3 is 1.13 bits per heavy atom. The first-order valence-electron chi connectivity index (χ1n) is 5.33. The van der Waals surface area contributed by atoms with Crippen LogP contribution in [0.4, 0.5) is 0 Å². The summed E-state index contributed by atoms with van der Waals surface area (Å²) in [7, 11) is 0. The quantitative estimate of drug-likeness (QED) is 0.657. The van der Waals surface area contributed by atoms with Crippen LogP contribution >= 0.6 is 35.3 Å². The minimum absolute atomic E-state index is 1.15. The molecule has 0 heterocycles. The fourth-order valence-electron chi connectivity index (χ4n) is 1.30. The highest BCUT2D eigenvalue weighted by Gasteiger charge is 2.01. The molecule has 0 nitrogen and oxygen atoms in total. The zero-order valence-electron chi connectivity index (χ0n) is 9.58. The van der Waals surface area contributed by atoms with E-state index in [9.17, 15) is 0 Å². The number of rotatable bonds is 6. The molecule has 3 heteroatoms. The third kappa shape index (κ3) is 4.75. The van der Waals surface area contributed by atoms with Crippen molar-refractivity contribution >= 4 is 35.3 Å². The molecule has 1 aromatic carbocycles. The summed E-state index contributed by atoms with van der Waals surface area (Å²) >= 11 is 5.79. The maximum Gasteiger partial charge on any atom is 0.00941 e. The first-order valence-corrected chi connectivity index (χ1v) is 8.29. The molecule has 0 aliphatic carbocycles. The fourth-order valence-corrected chi connectivity index (χ4v) is 3.78. The van der Waals surface area contributed by atoms with Crippen molar-refractivity contribution in [2.24, 2.45) is 0 Å². The molecule has 1 aromatic rings. The molecule has 1 rings (SSSR count). The Balaban J connectivity index is 2.86. The number of hydrogen-bond acceptors (Lipinski definition) is 3. The van der Waals surface area contributed by atoms with Gasteiger partial charge in [0.05, 0.1) is 0 Å². The van der Waals surface area contributed by atoms with Crippen molar-refractivity contribution in [2.75, 3.05) is 17.3 Å². The molecule has 0 spiro atoms. The van der Waals surface area contributed by atoms with Crippen LogP contribution in [0.25, 0.3) is 0 Å². The summed E-state index contributed by atoms with van der Waals surface area (Å²) in [5.74, 6) is 3.45. The van der Waals surface area contributed by atoms with Gasteiger partial charge in [-0.2, -0.15) is 0 Å². The van der Waals surface area contributed by atoms with Gasteiger partial charge in [-0.25, -0.2) is 0 Å². The normalized spacial score (nSPS) is 10.6. The number of hydrogen-bond donors (Lipinski definition) is 0. The first kappa shape index (κ1) is 13.3. The first-order chi connectivity index (χ1) is 7.30. The van der Waals surface area contributed by atoms with Crippen LogP contribution in [0.1, 0.15) is 20.8 Å². The minimum atomic E-state index is 1.15. The fraction of sp³-hybridized carbons (Fsp3) is 0.500. The smallest absolute Gasteiger partial charge is 0.00941 e. The van der Waals surface area contributed by atoms with Crippen molar-refractivity contribution < 1.29 is 0 Å². The lowest BCUT2D eigenvalue weighted by Gasteiger charge is -2.07. The highest BCUT2D eigenvalue weighted by Crippen LogP contribution is 2.31. The molecule has 0 unspecified atom stereocenters. The maximum atomic E-state index is 2.31. The molecule has 0 saturated heterocycles. The van der Waals surface area contributed by atoms with E-state index in [0.29, 0.717) is 0 Å². The van der Waals surface area contributed by atoms with E-state index in [2.05, 4.69) is 39.0 Å². The van der Waals surface area contributed by atoms with Gasteiger partial charge in [-0.05, 0) is 35.5 Å². The van der Waals surface area contributed by atoms with E-state index in [-0.39, 0.29) is 0 Å². The second-order valence-corrected chi connectivity index (χ2v) is 6.95. The molecule has 0 saturated carbocycles. The van der Waals surface area contributed by atoms with Crippen LogP contribution in [-0.2, 0) is 0 Å². The molecule has 0 aliphatic rings. The van der Waals surface area contributed by atoms with Crippen LogP contribution in [0.15, 0.2) is 32.9 Å². The summed E-state index contributed by atoms with van der Waals surface area (Å²) < 4.78 is 0. The van der Waals surface area contributed by atoms with Gasteiger partial charge in [-0.1, -0.05) is 20.8 Å². The Kier molecular flexibility index (Phi) is 6.69. The number of thioether (sulfide) groups is 3. The highest BCUT2D eigenvalue weighted by atomic mass is 32.2. The van der Waals surface area contributed by atoms with Gasteiger partial charge in [0.2, 0.25) is 0 Å². The Labute approximate surface area is 106 Å². The van der Waals surface area contributed by atoms with E-state index < -0.39 is 0 Å². The van der Waals surface area contributed by atoms with Gasteiger partial charge in [-0.15, -0.1) is 35.3 Å². The summed E-state index contributed by atoms with van der Waals surface area (Å²) in [5, 5.41) is 0. The van der Waals surface area contributed by atoms with Crippen molar-refractivity contribution in [3.05, 3.63) is 18.2 Å². The molecule has 0 aliphatic heterocycles. The largest absolute Gasteiger partial charge is 0.126 e. The standard InChI is InChI=1S/C12H18S3/c1-4-13-10-7-11(14-5-2)9-12(8-10)15-6-3/h7-9H,4-6H2,1-3H3. The van der Waals surface area contributed by atoms with E-state index >= 15 is 0 Å². The van der Waals surface area contributed by atoms with E-state index in [1.54, 1.807) is 0 Å². The van der Waals surface area contributed by atoms with Crippen LogP contribution in [0, 0.1) is 0 Å². The highest BCUT2D eigenvalue weighted by molar-refractivity contribution is 8.00. The summed E-state index contributed by atoms with van der Waals surface area (Å²) in [5.41, 5.74) is 0. The van der Waals surface area contributed by atoms with Gasteiger partial charge in [0.15, 0.2) is 0 Å². The summed E-state index contributed by atoms with van der Waals surface area (Å²) in [6.07, 6.45) is 0. The van der Waals surface area contributed by atoms with Gasteiger partial charge in [-0.3, -0.25) is 0 Å². The van der Waals surface area contributed by atoms with Crippen LogP contribution in [0.2, 0.25) is 0 Å². The third-order valence-electron chi connectivity index (χ3n) is 1.79. The van der Waals surface area contributed by atoms with E-state index in [0.717, 1.165) is 17.3 Å². The van der Waals surface area contributed by atoms with Gasteiger partial charge >= 0.3 is 0 Å². The minimum Gasteiger partial charge on any atom is -0.126 e. The van der Waals surface area contributed by atoms with Crippen molar-refractivity contribution in [1.29, 1.82) is 0 Å². The molecular weight excluding hydrogens is 240 g/mol. The zero-order chi connectivity index (χ0) is 11.1. The Bertz CT molecular complexity index is 237. The molecule has 0 radical (unpaired) electrons. The zero-order valence-corrected chi connectivity index (χ0v) is 12.0. The van der Waals surface area contributed by atoms with Gasteiger partial charge < -0.3 is 0 Å². The Morgan fingerprint density at radius 1 is 0.667 bits per heavy atom.